The molecule has 2 atom stereocenters. The molecule has 0 heterocycles. The Labute approximate surface area is 148 Å². The van der Waals surface area contributed by atoms with E-state index in [0.29, 0.717) is 32.9 Å². The van der Waals surface area contributed by atoms with Crippen LogP contribution in [0.4, 0.5) is 0 Å². The molecule has 1 rings (SSSR count). The van der Waals surface area contributed by atoms with E-state index in [4.69, 9.17) is 14.2 Å². The number of benzene rings is 1. The molecule has 1 aromatic carbocycles. The largest absolute Gasteiger partial charge is 0.495 e. The number of hydrogen-bond donors (Lipinski definition) is 0. The predicted molar refractivity (Wildman–Crippen MR) is 92.0 cm³/mol. The summed E-state index contributed by atoms with van der Waals surface area (Å²) in [7, 11) is 4.78. The van der Waals surface area contributed by atoms with E-state index in [1.54, 1.807) is 13.2 Å². The van der Waals surface area contributed by atoms with Gasteiger partial charge in [-0.2, -0.15) is 0 Å². The van der Waals surface area contributed by atoms with Crippen molar-refractivity contribution in [1.82, 2.24) is 0 Å². The van der Waals surface area contributed by atoms with Crippen LogP contribution in [0.5, 0.6) is 17.2 Å². The van der Waals surface area contributed by atoms with Gasteiger partial charge >= 0.3 is 0 Å². The first-order valence-electron chi connectivity index (χ1n) is 6.29. The maximum absolute atomic E-state index is 12.6. The minimum Gasteiger partial charge on any atom is -0.495 e. The van der Waals surface area contributed by atoms with Crippen molar-refractivity contribution in [3.05, 3.63) is 16.1 Å². The molecule has 0 amide bonds. The van der Waals surface area contributed by atoms with Crippen molar-refractivity contribution in [3.63, 3.8) is 0 Å². The molecule has 1 aromatic rings. The van der Waals surface area contributed by atoms with Crippen molar-refractivity contribution in [2.24, 2.45) is 0 Å². The summed E-state index contributed by atoms with van der Waals surface area (Å²) in [5, 5.41) is 0. The third-order valence-electron chi connectivity index (χ3n) is 3.00. The summed E-state index contributed by atoms with van der Waals surface area (Å²) in [6, 6.07) is 1.74. The first-order valence-corrected chi connectivity index (χ1v) is 8.16. The van der Waals surface area contributed by atoms with Gasteiger partial charge in [-0.15, -0.1) is 0 Å². The summed E-state index contributed by atoms with van der Waals surface area (Å²) in [5.74, 6) is 1.43. The van der Waals surface area contributed by atoms with E-state index in [9.17, 15) is 4.79 Å². The monoisotopic (exact) mass is 369 g/mol. The molecule has 0 aliphatic carbocycles. The van der Waals surface area contributed by atoms with Gasteiger partial charge in [0, 0.05) is 24.9 Å². The number of hydrogen-bond acceptors (Lipinski definition) is 4. The zero-order valence-corrected chi connectivity index (χ0v) is 16.0. The van der Waals surface area contributed by atoms with Gasteiger partial charge in [0.2, 0.25) is 0 Å². The van der Waals surface area contributed by atoms with Crippen LogP contribution in [0.15, 0.2) is 10.5 Å². The zero-order chi connectivity index (χ0) is 15.3. The Morgan fingerprint density at radius 1 is 1.24 bits per heavy atom. The van der Waals surface area contributed by atoms with Gasteiger partial charge in [0.15, 0.2) is 17.0 Å². The van der Waals surface area contributed by atoms with Crippen LogP contribution in [0.3, 0.4) is 0 Å². The van der Waals surface area contributed by atoms with Crippen molar-refractivity contribution >= 4 is 48.9 Å². The average molecular weight is 370 g/mol. The molecule has 0 aromatic heterocycles. The van der Waals surface area contributed by atoms with Gasteiger partial charge in [-0.25, -0.2) is 0 Å². The van der Waals surface area contributed by atoms with Gasteiger partial charge in [-0.3, -0.25) is 4.79 Å². The molecule has 0 saturated carbocycles. The summed E-state index contributed by atoms with van der Waals surface area (Å²) < 4.78 is 16.7. The number of ether oxygens (including phenoxy) is 3. The molecule has 0 bridgehead atoms. The van der Waals surface area contributed by atoms with Crippen LogP contribution in [0.1, 0.15) is 30.6 Å². The Bertz CT molecular complexity index is 496. The molecule has 2 unspecified atom stereocenters. The second-order valence-corrected chi connectivity index (χ2v) is 6.87. The summed E-state index contributed by atoms with van der Waals surface area (Å²) in [5.41, 5.74) is 0.800. The quantitative estimate of drug-likeness (QED) is 0.542. The molecule has 21 heavy (non-hydrogen) atoms. The van der Waals surface area contributed by atoms with Crippen molar-refractivity contribution in [3.8, 4) is 17.2 Å². The van der Waals surface area contributed by atoms with Crippen LogP contribution in [0.2, 0.25) is 0 Å². The second-order valence-electron chi connectivity index (χ2n) is 4.28. The number of rotatable bonds is 7. The number of carbonyl (C=O) groups excluding carboxylic acids is 1. The van der Waals surface area contributed by atoms with E-state index in [1.165, 1.54) is 14.2 Å². The number of halogens is 1. The summed E-state index contributed by atoms with van der Waals surface area (Å²) >= 11 is 3.40. The van der Waals surface area contributed by atoms with Crippen LogP contribution in [-0.4, -0.2) is 51.4 Å². The van der Waals surface area contributed by atoms with Crippen LogP contribution in [-0.2, 0) is 0 Å². The summed E-state index contributed by atoms with van der Waals surface area (Å²) in [6.45, 7) is 4.13. The summed E-state index contributed by atoms with van der Waals surface area (Å²) in [6.07, 6.45) is 0.958. The molecule has 0 saturated heterocycles. The summed E-state index contributed by atoms with van der Waals surface area (Å²) in [4.78, 5) is 12.6. The van der Waals surface area contributed by atoms with Gasteiger partial charge in [0.1, 0.15) is 11.3 Å². The molecule has 7 heteroatoms. The second kappa shape index (κ2) is 9.74. The Hall–Kier alpha value is -0.203. The van der Waals surface area contributed by atoms with Crippen LogP contribution >= 0.6 is 24.5 Å². The van der Waals surface area contributed by atoms with E-state index >= 15 is 0 Å². The van der Waals surface area contributed by atoms with Gasteiger partial charge < -0.3 is 14.2 Å². The molecule has 0 aliphatic rings. The van der Waals surface area contributed by atoms with Crippen molar-refractivity contribution in [2.45, 2.75) is 25.9 Å². The number of carbonyl (C=O) groups is 1. The van der Waals surface area contributed by atoms with E-state index < -0.39 is 0 Å². The normalized spacial score (nSPS) is 11.9. The third kappa shape index (κ3) is 4.89. The molecule has 113 valence electrons. The first kappa shape index (κ1) is 20.8. The van der Waals surface area contributed by atoms with Gasteiger partial charge in [-0.05, 0) is 36.6 Å². The molecular formula is C14H20BrLiO4P. The van der Waals surface area contributed by atoms with Crippen LogP contribution in [0.25, 0.3) is 0 Å². The molecule has 4 nitrogen and oxygen atoms in total. The molecule has 0 spiro atoms. The smallest absolute Gasteiger partial charge is 0.189 e. The van der Waals surface area contributed by atoms with Crippen molar-refractivity contribution < 1.29 is 19.0 Å². The standard InChI is InChI=1S/C14H20BrO4P.Li/c1-6-8(2)20-14(16)11-12(18-4)9(15)7-10(17-3)13(11)19-5;/h7-8,20H,6H2,1-5H3;. The fourth-order valence-corrected chi connectivity index (χ4v) is 3.34. The zero-order valence-electron chi connectivity index (χ0n) is 13.4. The van der Waals surface area contributed by atoms with E-state index in [2.05, 4.69) is 29.8 Å². The Kier molecular flexibility index (Phi) is 9.65. The van der Waals surface area contributed by atoms with E-state index in [1.807, 2.05) is 0 Å². The topological polar surface area (TPSA) is 44.8 Å². The maximum atomic E-state index is 12.6. The van der Waals surface area contributed by atoms with Crippen LogP contribution in [0, 0.1) is 0 Å². The predicted octanol–water partition coefficient (Wildman–Crippen LogP) is 3.71. The molecular weight excluding hydrogens is 350 g/mol. The van der Waals surface area contributed by atoms with Gasteiger partial charge in [0.05, 0.1) is 25.8 Å². The molecule has 1 radical (unpaired) electrons. The average Bonchev–Trinajstić information content (AvgIpc) is 2.45. The Balaban J connectivity index is 0.00000400. The van der Waals surface area contributed by atoms with Crippen molar-refractivity contribution in [1.29, 1.82) is 0 Å². The van der Waals surface area contributed by atoms with Gasteiger partial charge in [-0.1, -0.05) is 13.8 Å². The molecule has 0 aliphatic heterocycles. The molecule has 0 fully saturated rings. The fraction of sp³-hybridized carbons (Fsp3) is 0.500. The van der Waals surface area contributed by atoms with E-state index in [0.717, 1.165) is 6.42 Å². The molecule has 0 N–H and O–H groups in total. The fourth-order valence-electron chi connectivity index (χ4n) is 1.75. The minimum absolute atomic E-state index is 0. The maximum Gasteiger partial charge on any atom is 0.189 e. The van der Waals surface area contributed by atoms with Crippen LogP contribution < -0.4 is 14.2 Å². The first-order chi connectivity index (χ1) is 9.49. The van der Waals surface area contributed by atoms with E-state index in [-0.39, 0.29) is 33.0 Å². The van der Waals surface area contributed by atoms with Crippen molar-refractivity contribution in [2.75, 3.05) is 21.3 Å². The Morgan fingerprint density at radius 2 is 1.81 bits per heavy atom. The number of methoxy groups -OCH3 is 3. The SMILES string of the molecule is CCC(C)PC(=O)c1c(OC)c(Br)cc(OC)c1OC.[Li]. The third-order valence-corrected chi connectivity index (χ3v) is 5.00. The van der Waals surface area contributed by atoms with Gasteiger partial charge in [0.25, 0.3) is 0 Å². The Morgan fingerprint density at radius 3 is 2.24 bits per heavy atom. The minimum atomic E-state index is 0.